The number of rotatable bonds is 11. The zero-order chi connectivity index (χ0) is 31.1. The summed E-state index contributed by atoms with van der Waals surface area (Å²) in [6.45, 7) is 14.3. The van der Waals surface area contributed by atoms with Crippen LogP contribution in [0.5, 0.6) is 0 Å². The predicted octanol–water partition coefficient (Wildman–Crippen LogP) is 5.27. The maximum Gasteiger partial charge on any atom is 0.549 e. The molecule has 2 aromatic rings. The molecule has 0 spiro atoms. The van der Waals surface area contributed by atoms with Crippen molar-refractivity contribution in [3.8, 4) is 0 Å². The lowest BCUT2D eigenvalue weighted by molar-refractivity contribution is -0.438. The van der Waals surface area contributed by atoms with E-state index in [0.717, 1.165) is 54.3 Å². The van der Waals surface area contributed by atoms with Gasteiger partial charge in [-0.25, -0.2) is 0 Å². The third-order valence-electron chi connectivity index (χ3n) is 9.68. The first kappa shape index (κ1) is 30.8. The molecule has 2 heterocycles. The number of allylic oxidation sites excluding steroid dienone is 2. The highest BCUT2D eigenvalue weighted by Gasteiger charge is 2.46. The van der Waals surface area contributed by atoms with Gasteiger partial charge < -0.3 is 20.2 Å². The van der Waals surface area contributed by atoms with E-state index in [2.05, 4.69) is 63.2 Å². The Bertz CT molecular complexity index is 1560. The molecule has 2 N–H and O–H groups in total. The van der Waals surface area contributed by atoms with Gasteiger partial charge in [0, 0.05) is 52.3 Å². The molecule has 3 aliphatic rings. The summed E-state index contributed by atoms with van der Waals surface area (Å²) >= 11 is 0. The van der Waals surface area contributed by atoms with Crippen LogP contribution in [0.3, 0.4) is 0 Å². The van der Waals surface area contributed by atoms with Crippen molar-refractivity contribution in [2.24, 2.45) is 0 Å². The molecule has 228 valence electrons. The maximum atomic E-state index is 13.7. The molecule has 6 nitrogen and oxygen atoms in total. The average molecular weight is 583 g/mol. The Morgan fingerprint density at radius 1 is 0.953 bits per heavy atom. The van der Waals surface area contributed by atoms with Crippen molar-refractivity contribution < 1.29 is 24.7 Å². The van der Waals surface area contributed by atoms with E-state index in [-0.39, 0.29) is 11.2 Å². The molecule has 0 bridgehead atoms. The first-order valence-corrected chi connectivity index (χ1v) is 15.9. The molecule has 1 atom stereocenters. The SMILES string of the molecule is CCCCCCCC[N+]1=C(/C=C2C([O-])=C(/C=C3\N(CC)c4ccccc4C3(C)C)C\2[O-])C(C)(C)c2cc(C(=O)[OH2+])ccc21. The topological polar surface area (TPSA) is 92.3 Å². The molecule has 0 saturated heterocycles. The van der Waals surface area contributed by atoms with Crippen LogP contribution in [0, 0.1) is 0 Å². The lowest BCUT2D eigenvalue weighted by Crippen LogP contribution is -2.44. The van der Waals surface area contributed by atoms with Gasteiger partial charge in [0.2, 0.25) is 5.69 Å². The highest BCUT2D eigenvalue weighted by atomic mass is 16.4. The number of para-hydroxylation sites is 1. The summed E-state index contributed by atoms with van der Waals surface area (Å²) in [6, 6.07) is 13.7. The van der Waals surface area contributed by atoms with Crippen LogP contribution < -0.4 is 15.1 Å². The Labute approximate surface area is 256 Å². The van der Waals surface area contributed by atoms with Crippen molar-refractivity contribution in [1.82, 2.24) is 0 Å². The van der Waals surface area contributed by atoms with Crippen molar-refractivity contribution >= 4 is 23.1 Å². The third-order valence-corrected chi connectivity index (χ3v) is 9.68. The van der Waals surface area contributed by atoms with Gasteiger partial charge in [-0.15, -0.1) is 5.76 Å². The Kier molecular flexibility index (Phi) is 8.45. The van der Waals surface area contributed by atoms with E-state index in [0.29, 0.717) is 16.7 Å². The van der Waals surface area contributed by atoms with Gasteiger partial charge in [-0.3, -0.25) is 0 Å². The third kappa shape index (κ3) is 5.24. The number of hydrogen-bond donors (Lipinski definition) is 0. The Morgan fingerprint density at radius 2 is 1.65 bits per heavy atom. The number of benzene rings is 2. The molecule has 2 aromatic carbocycles. The van der Waals surface area contributed by atoms with Crippen molar-refractivity contribution in [2.75, 3.05) is 18.0 Å². The molecule has 2 aliphatic heterocycles. The maximum absolute atomic E-state index is 13.7. The van der Waals surface area contributed by atoms with Crippen LogP contribution in [0.25, 0.3) is 0 Å². The monoisotopic (exact) mass is 582 g/mol. The second-order valence-electron chi connectivity index (χ2n) is 13.2. The first-order chi connectivity index (χ1) is 20.4. The van der Waals surface area contributed by atoms with Crippen LogP contribution in [0.15, 0.2) is 77.2 Å². The minimum absolute atomic E-state index is 0.184. The summed E-state index contributed by atoms with van der Waals surface area (Å²) in [6.07, 6.45) is 9.42. The number of hydrogen-bond acceptors (Lipinski definition) is 4. The van der Waals surface area contributed by atoms with Gasteiger partial charge in [-0.2, -0.15) is 4.58 Å². The average Bonchev–Trinajstić information content (AvgIpc) is 3.33. The molecule has 6 heteroatoms. The fraction of sp³-hybridized carbons (Fsp3) is 0.459. The van der Waals surface area contributed by atoms with Crippen LogP contribution in [0.2, 0.25) is 0 Å². The molecule has 0 aromatic heterocycles. The number of fused-ring (bicyclic) bond motifs is 2. The summed E-state index contributed by atoms with van der Waals surface area (Å²) < 4.78 is 2.23. The number of nitrogens with zero attached hydrogens (tertiary/aromatic N) is 2. The van der Waals surface area contributed by atoms with Gasteiger partial charge in [-0.1, -0.05) is 81.9 Å². The van der Waals surface area contributed by atoms with Crippen LogP contribution in [-0.2, 0) is 10.8 Å². The second kappa shape index (κ2) is 11.8. The summed E-state index contributed by atoms with van der Waals surface area (Å²) in [5.41, 5.74) is 6.28. The predicted molar refractivity (Wildman–Crippen MR) is 170 cm³/mol. The summed E-state index contributed by atoms with van der Waals surface area (Å²) in [4.78, 5) is 14.1. The van der Waals surface area contributed by atoms with Crippen LogP contribution in [0.1, 0.15) is 102 Å². The molecular formula is C37H46N2O4. The highest BCUT2D eigenvalue weighted by molar-refractivity contribution is 6.05. The van der Waals surface area contributed by atoms with Gasteiger partial charge in [0.1, 0.15) is 12.1 Å². The molecule has 43 heavy (non-hydrogen) atoms. The summed E-state index contributed by atoms with van der Waals surface area (Å²) in [7, 11) is 0. The van der Waals surface area contributed by atoms with Crippen LogP contribution in [-0.4, -0.2) is 40.6 Å². The quantitative estimate of drug-likeness (QED) is 0.205. The minimum Gasteiger partial charge on any atom is -0.872 e. The largest absolute Gasteiger partial charge is 0.872 e. The Hall–Kier alpha value is -3.64. The standard InChI is InChI=1S/C37H46N2O4/c1-7-9-10-11-12-15-20-39-30-19-18-24(35(42)43)21-28(30)37(5,6)32(39)23-26-33(40)25(34(26)41)22-31-36(3,4)27-16-13-14-17-29(27)38(31)8-2/h13-14,16-19,21-23,33,41H,7-12,15,20H2,1-6H3,(H,42,43). The van der Waals surface area contributed by atoms with E-state index in [1.165, 1.54) is 31.2 Å². The number of unbranched alkanes of at least 4 members (excludes halogenated alkanes) is 5. The number of likely N-dealkylation sites (N-methyl/N-ethyl adjacent to an activating group) is 1. The zero-order valence-corrected chi connectivity index (χ0v) is 26.5. The lowest BCUT2D eigenvalue weighted by Gasteiger charge is -2.45. The first-order valence-electron chi connectivity index (χ1n) is 15.9. The fourth-order valence-corrected chi connectivity index (χ4v) is 7.08. The molecular weight excluding hydrogens is 536 g/mol. The van der Waals surface area contributed by atoms with E-state index in [4.69, 9.17) is 5.11 Å². The Balaban J connectivity index is 1.52. The number of carbonyl (C=O) groups excluding carboxylic acids is 1. The van der Waals surface area contributed by atoms with Crippen molar-refractivity contribution in [3.05, 3.63) is 93.9 Å². The Morgan fingerprint density at radius 3 is 2.33 bits per heavy atom. The van der Waals surface area contributed by atoms with Crippen molar-refractivity contribution in [1.29, 1.82) is 0 Å². The molecule has 0 fully saturated rings. The molecule has 1 aliphatic carbocycles. The summed E-state index contributed by atoms with van der Waals surface area (Å²) in [5, 5.41) is 35.0. The second-order valence-corrected chi connectivity index (χ2v) is 13.2. The van der Waals surface area contributed by atoms with Gasteiger partial charge in [0.05, 0.1) is 5.41 Å². The highest BCUT2D eigenvalue weighted by Crippen LogP contribution is 2.49. The van der Waals surface area contributed by atoms with Crippen LogP contribution >= 0.6 is 0 Å². The number of anilines is 1. The minimum atomic E-state index is -1.22. The van der Waals surface area contributed by atoms with E-state index < -0.39 is 17.5 Å². The molecule has 0 saturated carbocycles. The van der Waals surface area contributed by atoms with Gasteiger partial charge >= 0.3 is 5.97 Å². The number of carbonyl (C=O) groups is 1. The van der Waals surface area contributed by atoms with E-state index in [1.807, 2.05) is 36.4 Å². The van der Waals surface area contributed by atoms with Crippen molar-refractivity contribution in [3.63, 3.8) is 0 Å². The van der Waals surface area contributed by atoms with Gasteiger partial charge in [-0.05, 0) is 57.0 Å². The zero-order valence-electron chi connectivity index (χ0n) is 26.5. The van der Waals surface area contributed by atoms with Gasteiger partial charge in [0.15, 0.2) is 5.71 Å². The normalized spacial score (nSPS) is 21.9. The molecule has 0 amide bonds. The summed E-state index contributed by atoms with van der Waals surface area (Å²) in [5.74, 6) is -0.900. The molecule has 0 radical (unpaired) electrons. The van der Waals surface area contributed by atoms with E-state index in [1.54, 1.807) is 6.07 Å². The fourth-order valence-electron chi connectivity index (χ4n) is 7.08. The molecule has 5 rings (SSSR count). The van der Waals surface area contributed by atoms with Gasteiger partial charge in [0.25, 0.3) is 0 Å². The van der Waals surface area contributed by atoms with E-state index >= 15 is 0 Å². The van der Waals surface area contributed by atoms with E-state index in [9.17, 15) is 15.0 Å². The smallest absolute Gasteiger partial charge is 0.549 e. The lowest BCUT2D eigenvalue weighted by atomic mass is 9.76. The van der Waals surface area contributed by atoms with Crippen molar-refractivity contribution in [2.45, 2.75) is 97.0 Å². The molecule has 1 unspecified atom stereocenters. The van der Waals surface area contributed by atoms with Crippen LogP contribution in [0.4, 0.5) is 11.4 Å².